The van der Waals surface area contributed by atoms with E-state index in [-0.39, 0.29) is 10.7 Å². The molecule has 1 rings (SSSR count). The van der Waals surface area contributed by atoms with Crippen molar-refractivity contribution >= 4 is 12.2 Å². The molecular weight excluding hydrogens is 126 g/mol. The standard InChI is InChI=1S/C4H5NO2S/c1-5-3(6)2-7-4(5)8/h2,6H,1H3. The van der Waals surface area contributed by atoms with Gasteiger partial charge in [-0.25, -0.2) is 0 Å². The maximum absolute atomic E-state index is 8.74. The highest BCUT2D eigenvalue weighted by Crippen LogP contribution is 2.07. The van der Waals surface area contributed by atoms with Crippen LogP contribution in [0, 0.1) is 4.84 Å². The summed E-state index contributed by atoms with van der Waals surface area (Å²) in [7, 11) is 1.63. The summed E-state index contributed by atoms with van der Waals surface area (Å²) in [5.74, 6) is 0.0509. The Hall–Kier alpha value is -0.770. The SMILES string of the molecule is Cn1c(O)coc1=S. The van der Waals surface area contributed by atoms with Crippen LogP contribution < -0.4 is 0 Å². The highest BCUT2D eigenvalue weighted by Gasteiger charge is 1.94. The number of hydrogen-bond acceptors (Lipinski definition) is 3. The lowest BCUT2D eigenvalue weighted by Gasteiger charge is -1.85. The van der Waals surface area contributed by atoms with Crippen LogP contribution in [0.2, 0.25) is 0 Å². The van der Waals surface area contributed by atoms with Crippen molar-refractivity contribution in [2.75, 3.05) is 0 Å². The minimum atomic E-state index is 0.0509. The van der Waals surface area contributed by atoms with E-state index in [4.69, 9.17) is 5.11 Å². The first-order chi connectivity index (χ1) is 3.72. The maximum Gasteiger partial charge on any atom is 0.271 e. The summed E-state index contributed by atoms with van der Waals surface area (Å²) in [5, 5.41) is 8.74. The van der Waals surface area contributed by atoms with Gasteiger partial charge >= 0.3 is 0 Å². The van der Waals surface area contributed by atoms with Gasteiger partial charge in [0.05, 0.1) is 0 Å². The van der Waals surface area contributed by atoms with Gasteiger partial charge < -0.3 is 9.52 Å². The van der Waals surface area contributed by atoms with Gasteiger partial charge in [0.25, 0.3) is 4.84 Å². The average Bonchev–Trinajstić information content (AvgIpc) is 1.98. The molecule has 8 heavy (non-hydrogen) atoms. The number of rotatable bonds is 0. The smallest absolute Gasteiger partial charge is 0.271 e. The second-order valence-electron chi connectivity index (χ2n) is 1.42. The minimum Gasteiger partial charge on any atom is -0.492 e. The fraction of sp³-hybridized carbons (Fsp3) is 0.250. The Morgan fingerprint density at radius 1 is 1.88 bits per heavy atom. The topological polar surface area (TPSA) is 38.3 Å². The van der Waals surface area contributed by atoms with Crippen LogP contribution in [-0.4, -0.2) is 9.67 Å². The molecule has 1 heterocycles. The summed E-state index contributed by atoms with van der Waals surface area (Å²) in [6.07, 6.45) is 1.20. The van der Waals surface area contributed by atoms with Crippen molar-refractivity contribution in [1.29, 1.82) is 0 Å². The van der Waals surface area contributed by atoms with Crippen LogP contribution >= 0.6 is 12.2 Å². The molecule has 0 saturated carbocycles. The number of aromatic hydroxyl groups is 1. The molecule has 0 atom stereocenters. The van der Waals surface area contributed by atoms with Crippen molar-refractivity contribution < 1.29 is 9.52 Å². The van der Waals surface area contributed by atoms with Crippen LogP contribution in [0.1, 0.15) is 0 Å². The van der Waals surface area contributed by atoms with Gasteiger partial charge in [0.2, 0.25) is 5.88 Å². The number of nitrogens with zero attached hydrogens (tertiary/aromatic N) is 1. The minimum absolute atomic E-state index is 0.0509. The monoisotopic (exact) mass is 131 g/mol. The lowest BCUT2D eigenvalue weighted by Crippen LogP contribution is -1.82. The Morgan fingerprint density at radius 2 is 2.50 bits per heavy atom. The van der Waals surface area contributed by atoms with E-state index in [1.165, 1.54) is 10.8 Å². The molecule has 1 aromatic heterocycles. The molecule has 3 nitrogen and oxygen atoms in total. The predicted octanol–water partition coefficient (Wildman–Crippen LogP) is 1.05. The summed E-state index contributed by atoms with van der Waals surface area (Å²) in [6, 6.07) is 0. The molecule has 0 aliphatic carbocycles. The van der Waals surface area contributed by atoms with Gasteiger partial charge in [0.1, 0.15) is 0 Å². The molecule has 0 radical (unpaired) electrons. The zero-order valence-electron chi connectivity index (χ0n) is 4.29. The summed E-state index contributed by atoms with van der Waals surface area (Å²) in [6.45, 7) is 0. The summed E-state index contributed by atoms with van der Waals surface area (Å²) >= 11 is 4.61. The molecule has 0 aliphatic rings. The molecule has 1 aromatic rings. The Labute approximate surface area is 51.2 Å². The lowest BCUT2D eigenvalue weighted by molar-refractivity contribution is 0.430. The first-order valence-corrected chi connectivity index (χ1v) is 2.46. The van der Waals surface area contributed by atoms with Crippen molar-refractivity contribution in [2.24, 2.45) is 7.05 Å². The van der Waals surface area contributed by atoms with E-state index in [1.807, 2.05) is 0 Å². The van der Waals surface area contributed by atoms with Crippen LogP contribution in [0.15, 0.2) is 10.7 Å². The van der Waals surface area contributed by atoms with E-state index < -0.39 is 0 Å². The summed E-state index contributed by atoms with van der Waals surface area (Å²) < 4.78 is 5.99. The molecule has 0 saturated heterocycles. The van der Waals surface area contributed by atoms with E-state index in [0.717, 1.165) is 0 Å². The van der Waals surface area contributed by atoms with E-state index in [0.29, 0.717) is 0 Å². The van der Waals surface area contributed by atoms with E-state index in [1.54, 1.807) is 7.05 Å². The van der Waals surface area contributed by atoms with Gasteiger partial charge in [-0.05, 0) is 12.2 Å². The molecule has 0 bridgehead atoms. The fourth-order valence-corrected chi connectivity index (χ4v) is 0.496. The van der Waals surface area contributed by atoms with Gasteiger partial charge in [-0.2, -0.15) is 0 Å². The van der Waals surface area contributed by atoms with Gasteiger partial charge in [0.15, 0.2) is 6.26 Å². The van der Waals surface area contributed by atoms with E-state index in [2.05, 4.69) is 16.6 Å². The van der Waals surface area contributed by atoms with E-state index >= 15 is 0 Å². The van der Waals surface area contributed by atoms with Crippen molar-refractivity contribution in [3.05, 3.63) is 11.1 Å². The third-order valence-corrected chi connectivity index (χ3v) is 1.25. The predicted molar refractivity (Wildman–Crippen MR) is 30.2 cm³/mol. The number of oxazole rings is 1. The molecule has 0 unspecified atom stereocenters. The van der Waals surface area contributed by atoms with Crippen molar-refractivity contribution in [2.45, 2.75) is 0 Å². The fourth-order valence-electron chi connectivity index (χ4n) is 0.355. The molecule has 0 aromatic carbocycles. The Morgan fingerprint density at radius 3 is 2.62 bits per heavy atom. The number of hydrogen-bond donors (Lipinski definition) is 1. The van der Waals surface area contributed by atoms with Gasteiger partial charge in [0, 0.05) is 7.05 Å². The zero-order chi connectivity index (χ0) is 6.15. The molecule has 4 heteroatoms. The van der Waals surface area contributed by atoms with Crippen molar-refractivity contribution in [3.8, 4) is 5.88 Å². The molecule has 0 fully saturated rings. The van der Waals surface area contributed by atoms with Crippen LogP contribution in [0.3, 0.4) is 0 Å². The van der Waals surface area contributed by atoms with Gasteiger partial charge in [-0.1, -0.05) is 0 Å². The Balaban J connectivity index is 3.41. The second-order valence-corrected chi connectivity index (χ2v) is 1.77. The first kappa shape index (κ1) is 5.37. The van der Waals surface area contributed by atoms with Crippen LogP contribution in [-0.2, 0) is 7.05 Å². The Kier molecular flexibility index (Phi) is 1.09. The quantitative estimate of drug-likeness (QED) is 0.535. The number of aromatic nitrogens is 1. The van der Waals surface area contributed by atoms with Crippen LogP contribution in [0.5, 0.6) is 5.88 Å². The summed E-state index contributed by atoms with van der Waals surface area (Å²) in [5.41, 5.74) is 0. The normalized spacial score (nSPS) is 9.62. The van der Waals surface area contributed by atoms with Crippen LogP contribution in [0.4, 0.5) is 0 Å². The van der Waals surface area contributed by atoms with Crippen LogP contribution in [0.25, 0.3) is 0 Å². The maximum atomic E-state index is 8.74. The van der Waals surface area contributed by atoms with Gasteiger partial charge in [-0.3, -0.25) is 4.57 Å². The Bertz CT molecular complexity index is 236. The highest BCUT2D eigenvalue weighted by molar-refractivity contribution is 7.71. The highest BCUT2D eigenvalue weighted by atomic mass is 32.1. The largest absolute Gasteiger partial charge is 0.492 e. The van der Waals surface area contributed by atoms with E-state index in [9.17, 15) is 0 Å². The molecule has 44 valence electrons. The molecule has 1 N–H and O–H groups in total. The lowest BCUT2D eigenvalue weighted by atomic mass is 10.8. The first-order valence-electron chi connectivity index (χ1n) is 2.05. The third kappa shape index (κ3) is 0.626. The molecule has 0 aliphatic heterocycles. The van der Waals surface area contributed by atoms with Crippen molar-refractivity contribution in [1.82, 2.24) is 4.57 Å². The zero-order valence-corrected chi connectivity index (χ0v) is 5.10. The van der Waals surface area contributed by atoms with Gasteiger partial charge in [-0.15, -0.1) is 0 Å². The third-order valence-electron chi connectivity index (χ3n) is 0.883. The molecular formula is C4H5NO2S. The summed E-state index contributed by atoms with van der Waals surface area (Å²) in [4.78, 5) is 0.280. The molecule has 0 spiro atoms. The second kappa shape index (κ2) is 1.63. The molecule has 0 amide bonds. The average molecular weight is 131 g/mol. The van der Waals surface area contributed by atoms with Crippen molar-refractivity contribution in [3.63, 3.8) is 0 Å².